The lowest BCUT2D eigenvalue weighted by Gasteiger charge is -2.09. The van der Waals surface area contributed by atoms with Gasteiger partial charge in [-0.25, -0.2) is 8.78 Å². The third-order valence-electron chi connectivity index (χ3n) is 6.06. The number of fused-ring (bicyclic) bond motifs is 1. The van der Waals surface area contributed by atoms with Crippen molar-refractivity contribution in [1.29, 1.82) is 0 Å². The number of hydrogen-bond donors (Lipinski definition) is 0. The maximum Gasteiger partial charge on any atom is 0.573 e. The highest BCUT2D eigenvalue weighted by Gasteiger charge is 2.32. The van der Waals surface area contributed by atoms with E-state index < -0.39 is 23.7 Å². The molecule has 1 nitrogen and oxygen atoms in total. The van der Waals surface area contributed by atoms with Crippen molar-refractivity contribution in [1.82, 2.24) is 0 Å². The van der Waals surface area contributed by atoms with Gasteiger partial charge in [-0.2, -0.15) is 0 Å². The van der Waals surface area contributed by atoms with Crippen molar-refractivity contribution in [2.45, 2.75) is 45.4 Å². The average molecular weight is 509 g/mol. The van der Waals surface area contributed by atoms with E-state index in [2.05, 4.69) is 47.8 Å². The van der Waals surface area contributed by atoms with Crippen LogP contribution >= 0.6 is 0 Å². The van der Waals surface area contributed by atoms with Gasteiger partial charge in [-0.05, 0) is 65.3 Å². The number of aryl methyl sites for hydroxylation is 1. The molecule has 0 spiro atoms. The highest BCUT2D eigenvalue weighted by Crippen LogP contribution is 2.29. The Morgan fingerprint density at radius 3 is 2.22 bits per heavy atom. The SMILES string of the molecule is CCCCCCc1ccc(-c2ccc3c(F)c(C#Cc4ccc(OC(F)(F)F)c(F)c4)ccc3c2)cc1. The molecule has 0 saturated carbocycles. The van der Waals surface area contributed by atoms with Gasteiger partial charge in [0.1, 0.15) is 5.82 Å². The quantitative estimate of drug-likeness (QED) is 0.137. The number of benzene rings is 4. The van der Waals surface area contributed by atoms with Gasteiger partial charge in [0.15, 0.2) is 11.6 Å². The van der Waals surface area contributed by atoms with Gasteiger partial charge < -0.3 is 4.74 Å². The van der Waals surface area contributed by atoms with E-state index in [4.69, 9.17) is 0 Å². The number of halogens is 5. The number of unbranched alkanes of at least 4 members (excludes halogenated alkanes) is 3. The van der Waals surface area contributed by atoms with Crippen molar-refractivity contribution in [3.63, 3.8) is 0 Å². The lowest BCUT2D eigenvalue weighted by atomic mass is 9.98. The lowest BCUT2D eigenvalue weighted by molar-refractivity contribution is -0.275. The topological polar surface area (TPSA) is 9.23 Å². The Bertz CT molecular complexity index is 1440. The van der Waals surface area contributed by atoms with Gasteiger partial charge in [0.2, 0.25) is 0 Å². The highest BCUT2D eigenvalue weighted by atomic mass is 19.4. The van der Waals surface area contributed by atoms with Crippen molar-refractivity contribution in [3.8, 4) is 28.7 Å². The van der Waals surface area contributed by atoms with Crippen LogP contribution in [-0.4, -0.2) is 6.36 Å². The third-order valence-corrected chi connectivity index (χ3v) is 6.06. The standard InChI is InChI=1S/C31H25F5O/c1-2-3-4-5-6-21-7-11-23(12-8-21)25-16-17-27-26(20-25)15-14-24(30(27)33)13-9-22-10-18-29(28(32)19-22)37-31(34,35)36/h7-8,10-12,14-20H,2-6H2,1H3. The lowest BCUT2D eigenvalue weighted by Crippen LogP contribution is -2.17. The van der Waals surface area contributed by atoms with Gasteiger partial charge in [-0.1, -0.05) is 80.5 Å². The summed E-state index contributed by atoms with van der Waals surface area (Å²) in [4.78, 5) is 0. The van der Waals surface area contributed by atoms with Gasteiger partial charge in [-0.3, -0.25) is 0 Å². The van der Waals surface area contributed by atoms with E-state index in [0.29, 0.717) is 10.8 Å². The fourth-order valence-corrected chi connectivity index (χ4v) is 4.11. The molecule has 0 heterocycles. The second kappa shape index (κ2) is 11.5. The minimum Gasteiger partial charge on any atom is -0.403 e. The first kappa shape index (κ1) is 26.2. The number of ether oxygens (including phenoxy) is 1. The molecule has 37 heavy (non-hydrogen) atoms. The van der Waals surface area contributed by atoms with E-state index in [9.17, 15) is 17.6 Å². The molecule has 4 rings (SSSR count). The zero-order valence-electron chi connectivity index (χ0n) is 20.3. The molecular weight excluding hydrogens is 483 g/mol. The molecule has 0 saturated heterocycles. The summed E-state index contributed by atoms with van der Waals surface area (Å²) in [6.07, 6.45) is 0.949. The third kappa shape index (κ3) is 6.89. The summed E-state index contributed by atoms with van der Waals surface area (Å²) in [7, 11) is 0. The molecule has 0 aliphatic heterocycles. The van der Waals surface area contributed by atoms with Gasteiger partial charge >= 0.3 is 6.36 Å². The molecule has 0 bridgehead atoms. The van der Waals surface area contributed by atoms with E-state index in [1.165, 1.54) is 43.4 Å². The van der Waals surface area contributed by atoms with Crippen LogP contribution in [0.25, 0.3) is 21.9 Å². The zero-order valence-corrected chi connectivity index (χ0v) is 20.3. The first-order valence-electron chi connectivity index (χ1n) is 12.1. The maximum absolute atomic E-state index is 15.1. The summed E-state index contributed by atoms with van der Waals surface area (Å²) < 4.78 is 69.6. The Morgan fingerprint density at radius 2 is 1.51 bits per heavy atom. The second-order valence-corrected chi connectivity index (χ2v) is 8.81. The van der Waals surface area contributed by atoms with Gasteiger partial charge in [0.05, 0.1) is 5.56 Å². The first-order chi connectivity index (χ1) is 17.7. The summed E-state index contributed by atoms with van der Waals surface area (Å²) in [5.74, 6) is 2.56. The monoisotopic (exact) mass is 508 g/mol. The summed E-state index contributed by atoms with van der Waals surface area (Å²) >= 11 is 0. The molecule has 0 N–H and O–H groups in total. The second-order valence-electron chi connectivity index (χ2n) is 8.81. The van der Waals surface area contributed by atoms with Crippen molar-refractivity contribution in [2.75, 3.05) is 0 Å². The summed E-state index contributed by atoms with van der Waals surface area (Å²) in [5, 5.41) is 1.10. The maximum atomic E-state index is 15.1. The largest absolute Gasteiger partial charge is 0.573 e. The highest BCUT2D eigenvalue weighted by molar-refractivity contribution is 5.89. The summed E-state index contributed by atoms with van der Waals surface area (Å²) in [6.45, 7) is 2.20. The average Bonchev–Trinajstić information content (AvgIpc) is 2.87. The molecule has 0 aromatic heterocycles. The van der Waals surface area contributed by atoms with Crippen molar-refractivity contribution < 1.29 is 26.7 Å². The van der Waals surface area contributed by atoms with Crippen LogP contribution in [0.5, 0.6) is 5.75 Å². The molecule has 4 aromatic carbocycles. The summed E-state index contributed by atoms with van der Waals surface area (Å²) in [5.41, 5.74) is 3.51. The first-order valence-corrected chi connectivity index (χ1v) is 12.1. The fraction of sp³-hybridized carbons (Fsp3) is 0.226. The van der Waals surface area contributed by atoms with Crippen LogP contribution in [0.4, 0.5) is 22.0 Å². The molecule has 0 unspecified atom stereocenters. The Hall–Kier alpha value is -3.85. The number of hydrogen-bond acceptors (Lipinski definition) is 1. The van der Waals surface area contributed by atoms with Crippen LogP contribution in [0.15, 0.2) is 72.8 Å². The van der Waals surface area contributed by atoms with Crippen LogP contribution in [-0.2, 0) is 6.42 Å². The van der Waals surface area contributed by atoms with Crippen molar-refractivity contribution in [3.05, 3.63) is 101 Å². The zero-order chi connectivity index (χ0) is 26.4. The van der Waals surface area contributed by atoms with E-state index in [1.54, 1.807) is 12.1 Å². The van der Waals surface area contributed by atoms with Crippen LogP contribution in [0.1, 0.15) is 49.3 Å². The molecule has 0 fully saturated rings. The minimum atomic E-state index is -5.00. The Labute approximate surface area is 212 Å². The van der Waals surface area contributed by atoms with Crippen LogP contribution in [0, 0.1) is 23.5 Å². The smallest absolute Gasteiger partial charge is 0.403 e. The van der Waals surface area contributed by atoms with Gasteiger partial charge in [0.25, 0.3) is 0 Å². The molecule has 6 heteroatoms. The molecule has 4 aromatic rings. The molecule has 0 atom stereocenters. The minimum absolute atomic E-state index is 0.0932. The van der Waals surface area contributed by atoms with E-state index in [0.717, 1.165) is 29.7 Å². The molecule has 190 valence electrons. The van der Waals surface area contributed by atoms with E-state index in [-0.39, 0.29) is 11.1 Å². The molecular formula is C31H25F5O. The van der Waals surface area contributed by atoms with E-state index >= 15 is 4.39 Å². The Balaban J connectivity index is 1.51. The van der Waals surface area contributed by atoms with Gasteiger partial charge in [0, 0.05) is 10.9 Å². The van der Waals surface area contributed by atoms with Crippen LogP contribution < -0.4 is 4.74 Å². The molecule has 0 amide bonds. The molecule has 0 radical (unpaired) electrons. The van der Waals surface area contributed by atoms with Crippen LogP contribution in [0.2, 0.25) is 0 Å². The fourth-order valence-electron chi connectivity index (χ4n) is 4.11. The van der Waals surface area contributed by atoms with Gasteiger partial charge in [-0.15, -0.1) is 13.2 Å². The summed E-state index contributed by atoms with van der Waals surface area (Å²) in [6, 6.07) is 20.0. The predicted octanol–water partition coefficient (Wildman–Crippen LogP) is 9.21. The predicted molar refractivity (Wildman–Crippen MR) is 136 cm³/mol. The normalized spacial score (nSPS) is 11.3. The van der Waals surface area contributed by atoms with E-state index in [1.807, 2.05) is 12.1 Å². The molecule has 0 aliphatic rings. The Kier molecular flexibility index (Phi) is 8.13. The van der Waals surface area contributed by atoms with Crippen LogP contribution in [0.3, 0.4) is 0 Å². The number of rotatable bonds is 7. The Morgan fingerprint density at radius 1 is 0.757 bits per heavy atom. The number of alkyl halides is 3. The molecule has 0 aliphatic carbocycles. The van der Waals surface area contributed by atoms with Crippen molar-refractivity contribution in [2.24, 2.45) is 0 Å². The van der Waals surface area contributed by atoms with Crippen molar-refractivity contribution >= 4 is 10.8 Å².